The lowest BCUT2D eigenvalue weighted by atomic mass is 10.1. The Morgan fingerprint density at radius 3 is 2.23 bits per heavy atom. The molecule has 1 aromatic carbocycles. The molecule has 70 valence electrons. The predicted octanol–water partition coefficient (Wildman–Crippen LogP) is 2.86. The van der Waals surface area contributed by atoms with Crippen molar-refractivity contribution in [3.8, 4) is 0 Å². The van der Waals surface area contributed by atoms with Gasteiger partial charge in [-0.2, -0.15) is 0 Å². The van der Waals surface area contributed by atoms with Gasteiger partial charge in [-0.3, -0.25) is 4.79 Å². The first-order valence-electron chi connectivity index (χ1n) is 3.63. The summed E-state index contributed by atoms with van der Waals surface area (Å²) in [4.78, 5) is 10.7. The number of Topliss-reactive ketones (excluding diaryl/α,β-unsaturated/α-hetero) is 1. The minimum Gasteiger partial charge on any atom is -0.300 e. The molecule has 0 saturated heterocycles. The second-order valence-corrected chi connectivity index (χ2v) is 3.64. The van der Waals surface area contributed by atoms with Crippen molar-refractivity contribution in [2.75, 3.05) is 0 Å². The Hall–Kier alpha value is -0.770. The zero-order valence-corrected chi connectivity index (χ0v) is 8.49. The molecule has 0 heterocycles. The van der Waals surface area contributed by atoms with Crippen molar-refractivity contribution in [3.63, 3.8) is 0 Å². The van der Waals surface area contributed by atoms with Crippen LogP contribution in [-0.4, -0.2) is 5.78 Å². The Bertz CT molecular complexity index is 326. The first-order valence-corrected chi connectivity index (χ1v) is 4.43. The van der Waals surface area contributed by atoms with Crippen LogP contribution < -0.4 is 0 Å². The molecular weight excluding hydrogens is 242 g/mol. The zero-order valence-electron chi connectivity index (χ0n) is 6.90. The fourth-order valence-electron chi connectivity index (χ4n) is 0.990. The van der Waals surface area contributed by atoms with Gasteiger partial charge in [0.05, 0.1) is 0 Å². The van der Waals surface area contributed by atoms with Crippen LogP contribution in [0, 0.1) is 11.6 Å². The summed E-state index contributed by atoms with van der Waals surface area (Å²) in [6.07, 6.45) is -0.203. The molecule has 0 aromatic heterocycles. The van der Waals surface area contributed by atoms with Crippen LogP contribution in [0.15, 0.2) is 16.6 Å². The average molecular weight is 249 g/mol. The van der Waals surface area contributed by atoms with Crippen molar-refractivity contribution >= 4 is 21.7 Å². The monoisotopic (exact) mass is 248 g/mol. The topological polar surface area (TPSA) is 17.1 Å². The first kappa shape index (κ1) is 10.3. The standard InChI is InChI=1S/C9H7BrF2O/c1-5(13)2-7-8(11)3-6(10)4-9(7)12/h3-4H,2H2,1H3. The van der Waals surface area contributed by atoms with Gasteiger partial charge in [0.2, 0.25) is 0 Å². The fraction of sp³-hybridized carbons (Fsp3) is 0.222. The van der Waals surface area contributed by atoms with Crippen molar-refractivity contribution < 1.29 is 13.6 Å². The summed E-state index contributed by atoms with van der Waals surface area (Å²) in [5.74, 6) is -1.65. The van der Waals surface area contributed by atoms with Gasteiger partial charge in [0.25, 0.3) is 0 Å². The SMILES string of the molecule is CC(=O)Cc1c(F)cc(Br)cc1F. The number of halogens is 3. The minimum absolute atomic E-state index is 0.171. The number of ketones is 1. The van der Waals surface area contributed by atoms with E-state index in [1.54, 1.807) is 0 Å². The molecular formula is C9H7BrF2O. The van der Waals surface area contributed by atoms with Gasteiger partial charge in [0.15, 0.2) is 0 Å². The van der Waals surface area contributed by atoms with Gasteiger partial charge >= 0.3 is 0 Å². The zero-order chi connectivity index (χ0) is 10.0. The summed E-state index contributed by atoms with van der Waals surface area (Å²) in [6, 6.07) is 2.28. The smallest absolute Gasteiger partial charge is 0.134 e. The molecule has 0 N–H and O–H groups in total. The highest BCUT2D eigenvalue weighted by atomic mass is 79.9. The van der Waals surface area contributed by atoms with Crippen LogP contribution in [0.5, 0.6) is 0 Å². The molecule has 0 spiro atoms. The van der Waals surface area contributed by atoms with E-state index in [9.17, 15) is 13.6 Å². The molecule has 0 amide bonds. The molecule has 0 unspecified atom stereocenters. The molecule has 0 aliphatic carbocycles. The second-order valence-electron chi connectivity index (χ2n) is 2.73. The van der Waals surface area contributed by atoms with E-state index in [0.29, 0.717) is 4.47 Å². The van der Waals surface area contributed by atoms with Crippen LogP contribution in [0.1, 0.15) is 12.5 Å². The number of carbonyl (C=O) groups excluding carboxylic acids is 1. The number of benzene rings is 1. The Balaban J connectivity index is 3.13. The Kier molecular flexibility index (Phi) is 3.14. The summed E-state index contributed by atoms with van der Waals surface area (Å²) >= 11 is 2.95. The molecule has 4 heteroatoms. The minimum atomic E-state index is -0.693. The number of carbonyl (C=O) groups is 1. The largest absolute Gasteiger partial charge is 0.300 e. The highest BCUT2D eigenvalue weighted by molar-refractivity contribution is 9.10. The highest BCUT2D eigenvalue weighted by Gasteiger charge is 2.11. The fourth-order valence-corrected chi connectivity index (χ4v) is 1.39. The molecule has 0 saturated carbocycles. The molecule has 0 bridgehead atoms. The van der Waals surface area contributed by atoms with Crippen molar-refractivity contribution in [1.82, 2.24) is 0 Å². The van der Waals surface area contributed by atoms with E-state index in [2.05, 4.69) is 15.9 Å². The maximum absolute atomic E-state index is 13.0. The number of hydrogen-bond acceptors (Lipinski definition) is 1. The van der Waals surface area contributed by atoms with Gasteiger partial charge in [-0.05, 0) is 19.1 Å². The van der Waals surface area contributed by atoms with E-state index in [1.807, 2.05) is 0 Å². The van der Waals surface area contributed by atoms with E-state index in [0.717, 1.165) is 12.1 Å². The van der Waals surface area contributed by atoms with Gasteiger partial charge in [-0.1, -0.05) is 15.9 Å². The maximum atomic E-state index is 13.0. The molecule has 1 aromatic rings. The molecule has 1 nitrogen and oxygen atoms in total. The Morgan fingerprint density at radius 2 is 1.85 bits per heavy atom. The van der Waals surface area contributed by atoms with Gasteiger partial charge in [-0.15, -0.1) is 0 Å². The summed E-state index contributed by atoms with van der Waals surface area (Å²) < 4.78 is 26.4. The lowest BCUT2D eigenvalue weighted by Crippen LogP contribution is -2.02. The number of rotatable bonds is 2. The summed E-state index contributed by atoms with van der Waals surface area (Å²) in [7, 11) is 0. The third-order valence-corrected chi connectivity index (χ3v) is 1.99. The van der Waals surface area contributed by atoms with Crippen LogP contribution in [0.2, 0.25) is 0 Å². The number of hydrogen-bond donors (Lipinski definition) is 0. The normalized spacial score (nSPS) is 10.2. The van der Waals surface area contributed by atoms with Crippen molar-refractivity contribution in [3.05, 3.63) is 33.8 Å². The first-order chi connectivity index (χ1) is 6.00. The average Bonchev–Trinajstić information content (AvgIpc) is 1.96. The van der Waals surface area contributed by atoms with E-state index in [-0.39, 0.29) is 17.8 Å². The van der Waals surface area contributed by atoms with E-state index < -0.39 is 11.6 Å². The lowest BCUT2D eigenvalue weighted by Gasteiger charge is -2.02. The molecule has 0 fully saturated rings. The Labute approximate surface area is 82.9 Å². The maximum Gasteiger partial charge on any atom is 0.134 e. The van der Waals surface area contributed by atoms with Crippen LogP contribution in [0.25, 0.3) is 0 Å². The van der Waals surface area contributed by atoms with Crippen LogP contribution in [0.4, 0.5) is 8.78 Å². The third-order valence-electron chi connectivity index (χ3n) is 1.53. The van der Waals surface area contributed by atoms with E-state index >= 15 is 0 Å². The molecule has 0 aliphatic rings. The molecule has 0 atom stereocenters. The van der Waals surface area contributed by atoms with Crippen molar-refractivity contribution in [2.45, 2.75) is 13.3 Å². The molecule has 0 radical (unpaired) electrons. The van der Waals surface area contributed by atoms with Crippen molar-refractivity contribution in [2.24, 2.45) is 0 Å². The van der Waals surface area contributed by atoms with Crippen LogP contribution in [-0.2, 0) is 11.2 Å². The summed E-state index contributed by atoms with van der Waals surface area (Å²) in [5, 5.41) is 0. The molecule has 13 heavy (non-hydrogen) atoms. The van der Waals surface area contributed by atoms with E-state index in [1.165, 1.54) is 6.92 Å². The van der Waals surface area contributed by atoms with Crippen LogP contribution >= 0.6 is 15.9 Å². The lowest BCUT2D eigenvalue weighted by molar-refractivity contribution is -0.116. The second kappa shape index (κ2) is 3.96. The summed E-state index contributed by atoms with van der Waals surface area (Å²) in [6.45, 7) is 1.29. The van der Waals surface area contributed by atoms with Crippen LogP contribution in [0.3, 0.4) is 0 Å². The van der Waals surface area contributed by atoms with E-state index in [4.69, 9.17) is 0 Å². The van der Waals surface area contributed by atoms with Crippen molar-refractivity contribution in [1.29, 1.82) is 0 Å². The van der Waals surface area contributed by atoms with Gasteiger partial charge in [0.1, 0.15) is 17.4 Å². The van der Waals surface area contributed by atoms with Gasteiger partial charge < -0.3 is 0 Å². The third kappa shape index (κ3) is 2.59. The quantitative estimate of drug-likeness (QED) is 0.787. The summed E-state index contributed by atoms with van der Waals surface area (Å²) in [5.41, 5.74) is -0.171. The highest BCUT2D eigenvalue weighted by Crippen LogP contribution is 2.19. The molecule has 1 rings (SSSR count). The molecule has 0 aliphatic heterocycles. The Morgan fingerprint density at radius 1 is 1.38 bits per heavy atom. The van der Waals surface area contributed by atoms with Gasteiger partial charge in [-0.25, -0.2) is 8.78 Å². The van der Waals surface area contributed by atoms with Gasteiger partial charge in [0, 0.05) is 16.5 Å². The predicted molar refractivity (Wildman–Crippen MR) is 48.4 cm³/mol.